The summed E-state index contributed by atoms with van der Waals surface area (Å²) < 4.78 is 10.9. The van der Waals surface area contributed by atoms with E-state index in [2.05, 4.69) is 15.6 Å². The SMILES string of the molecule is c1cc2cc3c(cc2c(NCC2CCCNC2)n1)OCO3. The molecule has 1 atom stereocenters. The predicted molar refractivity (Wildman–Crippen MR) is 81.9 cm³/mol. The normalized spacial score (nSPS) is 20.7. The van der Waals surface area contributed by atoms with Gasteiger partial charge in [-0.15, -0.1) is 0 Å². The van der Waals surface area contributed by atoms with Gasteiger partial charge in [-0.2, -0.15) is 0 Å². The highest BCUT2D eigenvalue weighted by atomic mass is 16.7. The molecule has 0 saturated carbocycles. The van der Waals surface area contributed by atoms with Crippen LogP contribution in [0.3, 0.4) is 0 Å². The van der Waals surface area contributed by atoms with Crippen molar-refractivity contribution in [3.63, 3.8) is 0 Å². The molecule has 2 aliphatic rings. The van der Waals surface area contributed by atoms with Crippen molar-refractivity contribution in [3.05, 3.63) is 24.4 Å². The van der Waals surface area contributed by atoms with Gasteiger partial charge in [-0.25, -0.2) is 4.98 Å². The molecule has 0 aliphatic carbocycles. The smallest absolute Gasteiger partial charge is 0.231 e. The van der Waals surface area contributed by atoms with Crippen LogP contribution in [0.1, 0.15) is 12.8 Å². The van der Waals surface area contributed by atoms with E-state index in [4.69, 9.17) is 9.47 Å². The standard InChI is InChI=1S/C16H19N3O2/c1-2-11(8-17-4-1)9-19-16-13-7-15-14(20-10-21-15)6-12(13)3-5-18-16/h3,5-7,11,17H,1-2,4,8-10H2,(H,18,19). The fourth-order valence-corrected chi connectivity index (χ4v) is 3.04. The summed E-state index contributed by atoms with van der Waals surface area (Å²) in [4.78, 5) is 4.49. The molecule has 4 rings (SSSR count). The molecule has 0 bridgehead atoms. The van der Waals surface area contributed by atoms with Crippen molar-refractivity contribution in [1.82, 2.24) is 10.3 Å². The summed E-state index contributed by atoms with van der Waals surface area (Å²) in [6, 6.07) is 6.05. The molecule has 5 heteroatoms. The molecule has 5 nitrogen and oxygen atoms in total. The summed E-state index contributed by atoms with van der Waals surface area (Å²) in [6.07, 6.45) is 4.37. The molecule has 1 fully saturated rings. The maximum Gasteiger partial charge on any atom is 0.231 e. The van der Waals surface area contributed by atoms with E-state index in [1.165, 1.54) is 12.8 Å². The molecule has 1 aromatic carbocycles. The van der Waals surface area contributed by atoms with Gasteiger partial charge < -0.3 is 20.1 Å². The fraction of sp³-hybridized carbons (Fsp3) is 0.438. The van der Waals surface area contributed by atoms with Gasteiger partial charge in [0, 0.05) is 18.1 Å². The maximum absolute atomic E-state index is 5.47. The van der Waals surface area contributed by atoms with Crippen LogP contribution in [-0.2, 0) is 0 Å². The number of rotatable bonds is 3. The van der Waals surface area contributed by atoms with Crippen molar-refractivity contribution in [3.8, 4) is 11.5 Å². The lowest BCUT2D eigenvalue weighted by atomic mass is 10.00. The first-order valence-corrected chi connectivity index (χ1v) is 7.53. The van der Waals surface area contributed by atoms with Gasteiger partial charge in [0.25, 0.3) is 0 Å². The van der Waals surface area contributed by atoms with E-state index in [1.54, 1.807) is 0 Å². The van der Waals surface area contributed by atoms with Crippen molar-refractivity contribution in [2.75, 3.05) is 31.7 Å². The minimum Gasteiger partial charge on any atom is -0.454 e. The van der Waals surface area contributed by atoms with Gasteiger partial charge in [0.2, 0.25) is 6.79 Å². The Hall–Kier alpha value is -2.01. The Bertz CT molecular complexity index is 653. The average molecular weight is 285 g/mol. The Kier molecular flexibility index (Phi) is 3.27. The number of pyridine rings is 1. The summed E-state index contributed by atoms with van der Waals surface area (Å²) >= 11 is 0. The summed E-state index contributed by atoms with van der Waals surface area (Å²) in [5.74, 6) is 3.22. The molecule has 2 N–H and O–H groups in total. The Balaban J connectivity index is 1.59. The molecule has 110 valence electrons. The number of fused-ring (bicyclic) bond motifs is 2. The zero-order valence-corrected chi connectivity index (χ0v) is 11.9. The van der Waals surface area contributed by atoms with E-state index in [0.717, 1.165) is 47.7 Å². The molecular formula is C16H19N3O2. The third kappa shape index (κ3) is 2.49. The zero-order chi connectivity index (χ0) is 14.1. The largest absolute Gasteiger partial charge is 0.454 e. The summed E-state index contributed by atoms with van der Waals surface area (Å²) in [6.45, 7) is 3.49. The molecule has 2 aromatic rings. The highest BCUT2D eigenvalue weighted by Crippen LogP contribution is 2.37. The van der Waals surface area contributed by atoms with Crippen LogP contribution in [0.4, 0.5) is 5.82 Å². The third-order valence-corrected chi connectivity index (χ3v) is 4.21. The number of aromatic nitrogens is 1. The van der Waals surface area contributed by atoms with E-state index < -0.39 is 0 Å². The molecule has 1 aromatic heterocycles. The minimum atomic E-state index is 0.301. The first kappa shape index (κ1) is 12.7. The van der Waals surface area contributed by atoms with Gasteiger partial charge in [0.15, 0.2) is 11.5 Å². The number of nitrogens with zero attached hydrogens (tertiary/aromatic N) is 1. The number of piperidine rings is 1. The van der Waals surface area contributed by atoms with Crippen molar-refractivity contribution in [2.24, 2.45) is 5.92 Å². The highest BCUT2D eigenvalue weighted by Gasteiger charge is 2.17. The summed E-state index contributed by atoms with van der Waals surface area (Å²) in [5.41, 5.74) is 0. The molecular weight excluding hydrogens is 266 g/mol. The van der Waals surface area contributed by atoms with E-state index in [0.29, 0.717) is 12.7 Å². The fourth-order valence-electron chi connectivity index (χ4n) is 3.04. The summed E-state index contributed by atoms with van der Waals surface area (Å²) in [5, 5.41) is 9.16. The number of benzene rings is 1. The van der Waals surface area contributed by atoms with Crippen molar-refractivity contribution in [2.45, 2.75) is 12.8 Å². The Labute approximate surface area is 123 Å². The zero-order valence-electron chi connectivity index (χ0n) is 11.9. The Morgan fingerprint density at radius 1 is 1.29 bits per heavy atom. The molecule has 0 amide bonds. The van der Waals surface area contributed by atoms with Crippen molar-refractivity contribution in [1.29, 1.82) is 0 Å². The molecule has 0 spiro atoms. The first-order valence-electron chi connectivity index (χ1n) is 7.53. The summed E-state index contributed by atoms with van der Waals surface area (Å²) in [7, 11) is 0. The van der Waals surface area contributed by atoms with E-state index in [-0.39, 0.29) is 0 Å². The van der Waals surface area contributed by atoms with Gasteiger partial charge in [-0.05, 0) is 55.4 Å². The van der Waals surface area contributed by atoms with Crippen molar-refractivity contribution >= 4 is 16.6 Å². The van der Waals surface area contributed by atoms with Crippen LogP contribution in [0.15, 0.2) is 24.4 Å². The van der Waals surface area contributed by atoms with E-state index >= 15 is 0 Å². The highest BCUT2D eigenvalue weighted by molar-refractivity contribution is 5.94. The monoisotopic (exact) mass is 285 g/mol. The van der Waals surface area contributed by atoms with Gasteiger partial charge >= 0.3 is 0 Å². The van der Waals surface area contributed by atoms with Gasteiger partial charge in [0.05, 0.1) is 0 Å². The predicted octanol–water partition coefficient (Wildman–Crippen LogP) is 2.38. The molecule has 3 heterocycles. The number of ether oxygens (including phenoxy) is 2. The second-order valence-corrected chi connectivity index (χ2v) is 5.68. The topological polar surface area (TPSA) is 55.4 Å². The Morgan fingerprint density at radius 2 is 2.19 bits per heavy atom. The van der Waals surface area contributed by atoms with Crippen LogP contribution in [0.25, 0.3) is 10.8 Å². The van der Waals surface area contributed by atoms with Crippen LogP contribution >= 0.6 is 0 Å². The minimum absolute atomic E-state index is 0.301. The van der Waals surface area contributed by atoms with Gasteiger partial charge in [-0.3, -0.25) is 0 Å². The maximum atomic E-state index is 5.47. The lowest BCUT2D eigenvalue weighted by Crippen LogP contribution is -2.33. The average Bonchev–Trinajstić information content (AvgIpc) is 2.99. The molecule has 0 radical (unpaired) electrons. The molecule has 1 saturated heterocycles. The van der Waals surface area contributed by atoms with Crippen LogP contribution in [0, 0.1) is 5.92 Å². The van der Waals surface area contributed by atoms with Gasteiger partial charge in [-0.1, -0.05) is 0 Å². The molecule has 1 unspecified atom stereocenters. The van der Waals surface area contributed by atoms with Crippen LogP contribution in [0.5, 0.6) is 11.5 Å². The quantitative estimate of drug-likeness (QED) is 0.907. The van der Waals surface area contributed by atoms with Crippen LogP contribution in [-0.4, -0.2) is 31.4 Å². The second kappa shape index (κ2) is 5.41. The van der Waals surface area contributed by atoms with Crippen molar-refractivity contribution < 1.29 is 9.47 Å². The first-order chi connectivity index (χ1) is 10.4. The lowest BCUT2D eigenvalue weighted by molar-refractivity contribution is 0.174. The number of anilines is 1. The number of hydrogen-bond donors (Lipinski definition) is 2. The van der Waals surface area contributed by atoms with E-state index in [1.807, 2.05) is 24.4 Å². The third-order valence-electron chi connectivity index (χ3n) is 4.21. The Morgan fingerprint density at radius 3 is 3.05 bits per heavy atom. The van der Waals surface area contributed by atoms with Crippen LogP contribution < -0.4 is 20.1 Å². The number of nitrogens with one attached hydrogen (secondary N) is 2. The van der Waals surface area contributed by atoms with Crippen LogP contribution in [0.2, 0.25) is 0 Å². The molecule has 21 heavy (non-hydrogen) atoms. The number of hydrogen-bond acceptors (Lipinski definition) is 5. The molecule has 2 aliphatic heterocycles. The van der Waals surface area contributed by atoms with Gasteiger partial charge in [0.1, 0.15) is 5.82 Å². The lowest BCUT2D eigenvalue weighted by Gasteiger charge is -2.23. The second-order valence-electron chi connectivity index (χ2n) is 5.68. The van der Waals surface area contributed by atoms with E-state index in [9.17, 15) is 0 Å².